The number of hydrogen-bond acceptors (Lipinski definition) is 7. The minimum Gasteiger partial charge on any atom is -0.290 e. The molecule has 0 saturated carbocycles. The molecular formula is C5H4N6O. The Morgan fingerprint density at radius 2 is 2.08 bits per heavy atom. The molecule has 0 spiro atoms. The molecule has 0 aliphatic carbocycles. The first-order chi connectivity index (χ1) is 5.92. The van der Waals surface area contributed by atoms with Crippen molar-refractivity contribution < 1.29 is 5.21 Å². The Kier molecular flexibility index (Phi) is 1.49. The Morgan fingerprint density at radius 1 is 1.17 bits per heavy atom. The summed E-state index contributed by atoms with van der Waals surface area (Å²) in [5.41, 5.74) is 2.61. The maximum atomic E-state index is 8.61. The van der Waals surface area contributed by atoms with Crippen molar-refractivity contribution in [2.45, 2.75) is 0 Å². The number of nitrogens with zero attached hydrogens (tertiary/aromatic N) is 5. The highest BCUT2D eigenvalue weighted by Crippen LogP contribution is 2.10. The summed E-state index contributed by atoms with van der Waals surface area (Å²) < 4.78 is 0. The number of anilines is 1. The molecule has 7 heteroatoms. The average molecular weight is 164 g/mol. The fourth-order valence-electron chi connectivity index (χ4n) is 0.807. The monoisotopic (exact) mass is 164 g/mol. The smallest absolute Gasteiger partial charge is 0.205 e. The van der Waals surface area contributed by atoms with Crippen LogP contribution in [-0.4, -0.2) is 30.4 Å². The molecule has 0 amide bonds. The summed E-state index contributed by atoms with van der Waals surface area (Å²) in [4.78, 5) is 11.3. The van der Waals surface area contributed by atoms with Crippen molar-refractivity contribution in [3.8, 4) is 0 Å². The number of hydrogen-bond donors (Lipinski definition) is 2. The highest BCUT2D eigenvalue weighted by molar-refractivity contribution is 5.80. The van der Waals surface area contributed by atoms with E-state index in [4.69, 9.17) is 5.21 Å². The van der Waals surface area contributed by atoms with Crippen LogP contribution in [0.5, 0.6) is 0 Å². The van der Waals surface area contributed by atoms with Crippen molar-refractivity contribution in [2.75, 3.05) is 5.48 Å². The Hall–Kier alpha value is -1.89. The van der Waals surface area contributed by atoms with Gasteiger partial charge in [0.05, 0.1) is 0 Å². The molecule has 2 N–H and O–H groups in total. The number of rotatable bonds is 1. The van der Waals surface area contributed by atoms with Gasteiger partial charge in [0.1, 0.15) is 12.7 Å². The van der Waals surface area contributed by atoms with E-state index in [-0.39, 0.29) is 5.82 Å². The van der Waals surface area contributed by atoms with Gasteiger partial charge in [-0.05, 0) is 0 Å². The molecule has 0 saturated heterocycles. The van der Waals surface area contributed by atoms with Crippen molar-refractivity contribution in [3.05, 3.63) is 12.7 Å². The van der Waals surface area contributed by atoms with E-state index in [0.717, 1.165) is 0 Å². The van der Waals surface area contributed by atoms with Gasteiger partial charge in [0.2, 0.25) is 5.65 Å². The highest BCUT2D eigenvalue weighted by Gasteiger charge is 2.03. The molecule has 12 heavy (non-hydrogen) atoms. The fraction of sp³-hybridized carbons (Fsp3) is 0. The van der Waals surface area contributed by atoms with E-state index in [0.29, 0.717) is 11.2 Å². The fourth-order valence-corrected chi connectivity index (χ4v) is 0.807. The zero-order valence-electron chi connectivity index (χ0n) is 5.84. The maximum Gasteiger partial charge on any atom is 0.205 e. The van der Waals surface area contributed by atoms with Gasteiger partial charge in [-0.1, -0.05) is 0 Å². The van der Waals surface area contributed by atoms with Crippen molar-refractivity contribution in [2.24, 2.45) is 0 Å². The van der Waals surface area contributed by atoms with Crippen LogP contribution in [0.4, 0.5) is 5.82 Å². The first kappa shape index (κ1) is 6.80. The van der Waals surface area contributed by atoms with E-state index < -0.39 is 0 Å². The second-order valence-corrected chi connectivity index (χ2v) is 1.97. The van der Waals surface area contributed by atoms with Gasteiger partial charge in [-0.2, -0.15) is 0 Å². The predicted molar refractivity (Wildman–Crippen MR) is 38.3 cm³/mol. The lowest BCUT2D eigenvalue weighted by Crippen LogP contribution is -1.99. The van der Waals surface area contributed by atoms with Gasteiger partial charge in [-0.25, -0.2) is 15.0 Å². The van der Waals surface area contributed by atoms with E-state index >= 15 is 0 Å². The maximum absolute atomic E-state index is 8.61. The molecule has 0 aliphatic rings. The summed E-state index contributed by atoms with van der Waals surface area (Å²) in [6.45, 7) is 0. The second kappa shape index (κ2) is 2.62. The van der Waals surface area contributed by atoms with Crippen LogP contribution in [0, 0.1) is 0 Å². The van der Waals surface area contributed by atoms with Crippen LogP contribution in [0.3, 0.4) is 0 Å². The van der Waals surface area contributed by atoms with Crippen LogP contribution >= 0.6 is 0 Å². The van der Waals surface area contributed by atoms with Crippen molar-refractivity contribution in [3.63, 3.8) is 0 Å². The van der Waals surface area contributed by atoms with Crippen LogP contribution < -0.4 is 5.48 Å². The Balaban J connectivity index is 2.79. The predicted octanol–water partition coefficient (Wildman–Crippen LogP) is -0.384. The van der Waals surface area contributed by atoms with Crippen LogP contribution in [0.15, 0.2) is 12.7 Å². The van der Waals surface area contributed by atoms with Gasteiger partial charge in [-0.3, -0.25) is 10.7 Å². The molecule has 0 atom stereocenters. The lowest BCUT2D eigenvalue weighted by molar-refractivity contribution is 0.386. The van der Waals surface area contributed by atoms with Crippen LogP contribution in [0.1, 0.15) is 0 Å². The molecule has 0 bridgehead atoms. The standard InChI is InChI=1S/C5H4N6O/c12-11-5-3-4(7-1-8-5)10-9-2-6-3/h1-2,12H,(H,7,8,10,11). The zero-order valence-corrected chi connectivity index (χ0v) is 5.84. The molecule has 2 aromatic rings. The molecular weight excluding hydrogens is 160 g/mol. The van der Waals surface area contributed by atoms with Crippen LogP contribution in [0.2, 0.25) is 0 Å². The Bertz CT molecular complexity index is 399. The van der Waals surface area contributed by atoms with Gasteiger partial charge < -0.3 is 0 Å². The molecule has 60 valence electrons. The van der Waals surface area contributed by atoms with Gasteiger partial charge in [0.15, 0.2) is 11.3 Å². The Labute approximate surface area is 66.5 Å². The summed E-state index contributed by atoms with van der Waals surface area (Å²) >= 11 is 0. The molecule has 0 aromatic carbocycles. The third-order valence-corrected chi connectivity index (χ3v) is 1.30. The van der Waals surface area contributed by atoms with Gasteiger partial charge in [0.25, 0.3) is 0 Å². The minimum absolute atomic E-state index is 0.218. The van der Waals surface area contributed by atoms with Gasteiger partial charge in [-0.15, -0.1) is 10.2 Å². The third-order valence-electron chi connectivity index (χ3n) is 1.30. The summed E-state index contributed by atoms with van der Waals surface area (Å²) in [5.74, 6) is 0.218. The lowest BCUT2D eigenvalue weighted by Gasteiger charge is -1.98. The molecule has 0 radical (unpaired) electrons. The molecule has 2 rings (SSSR count). The van der Waals surface area contributed by atoms with Crippen molar-refractivity contribution >= 4 is 17.0 Å². The van der Waals surface area contributed by atoms with Crippen molar-refractivity contribution in [1.29, 1.82) is 0 Å². The SMILES string of the molecule is ONc1ncnc2nncnc12. The lowest BCUT2D eigenvalue weighted by atomic mass is 10.5. The number of fused-ring (bicyclic) bond motifs is 1. The highest BCUT2D eigenvalue weighted by atomic mass is 16.5. The Morgan fingerprint density at radius 3 is 2.92 bits per heavy atom. The summed E-state index contributed by atoms with van der Waals surface area (Å²) in [6.07, 6.45) is 2.52. The molecule has 7 nitrogen and oxygen atoms in total. The van der Waals surface area contributed by atoms with Gasteiger partial charge >= 0.3 is 0 Å². The molecule has 2 heterocycles. The van der Waals surface area contributed by atoms with E-state index in [2.05, 4.69) is 25.1 Å². The van der Waals surface area contributed by atoms with Gasteiger partial charge in [0, 0.05) is 0 Å². The number of aromatic nitrogens is 5. The molecule has 2 aromatic heterocycles. The van der Waals surface area contributed by atoms with E-state index in [9.17, 15) is 0 Å². The van der Waals surface area contributed by atoms with E-state index in [1.54, 1.807) is 0 Å². The average Bonchev–Trinajstić information content (AvgIpc) is 2.17. The quantitative estimate of drug-likeness (QED) is 0.554. The molecule has 0 aliphatic heterocycles. The topological polar surface area (TPSA) is 96.7 Å². The molecule has 0 unspecified atom stereocenters. The van der Waals surface area contributed by atoms with Crippen LogP contribution in [-0.2, 0) is 0 Å². The normalized spacial score (nSPS) is 10.1. The second-order valence-electron chi connectivity index (χ2n) is 1.97. The number of nitrogens with one attached hydrogen (secondary N) is 1. The zero-order chi connectivity index (χ0) is 8.39. The summed E-state index contributed by atoms with van der Waals surface area (Å²) in [6, 6.07) is 0. The van der Waals surface area contributed by atoms with Crippen LogP contribution in [0.25, 0.3) is 11.2 Å². The first-order valence-electron chi connectivity index (χ1n) is 3.10. The van der Waals surface area contributed by atoms with E-state index in [1.165, 1.54) is 12.7 Å². The van der Waals surface area contributed by atoms with Crippen molar-refractivity contribution in [1.82, 2.24) is 25.1 Å². The summed E-state index contributed by atoms with van der Waals surface area (Å²) in [5, 5.41) is 15.8. The first-order valence-corrected chi connectivity index (χ1v) is 3.10. The third kappa shape index (κ3) is 0.920. The largest absolute Gasteiger partial charge is 0.290 e. The minimum atomic E-state index is 0.218. The molecule has 0 fully saturated rings. The van der Waals surface area contributed by atoms with E-state index in [1.807, 2.05) is 5.48 Å². The summed E-state index contributed by atoms with van der Waals surface area (Å²) in [7, 11) is 0.